The smallest absolute Gasteiger partial charge is 0.192 e. The Morgan fingerprint density at radius 3 is 2.24 bits per heavy atom. The number of fused-ring (bicyclic) bond motifs is 3. The van der Waals surface area contributed by atoms with E-state index >= 15 is 0 Å². The second-order valence-electron chi connectivity index (χ2n) is 15.5. The molecule has 0 saturated heterocycles. The lowest BCUT2D eigenvalue weighted by Crippen LogP contribution is -2.71. The van der Waals surface area contributed by atoms with Gasteiger partial charge in [0.05, 0.1) is 11.7 Å². The van der Waals surface area contributed by atoms with Crippen molar-refractivity contribution < 1.29 is 28.2 Å². The Labute approximate surface area is 228 Å². The van der Waals surface area contributed by atoms with E-state index in [1.807, 2.05) is 0 Å². The van der Waals surface area contributed by atoms with Gasteiger partial charge in [-0.15, -0.1) is 0 Å². The molecule has 7 atom stereocenters. The third-order valence-electron chi connectivity index (χ3n) is 10.7. The molecular formula is C29H56O6Si2. The van der Waals surface area contributed by atoms with Crippen LogP contribution in [0.25, 0.3) is 0 Å². The van der Waals surface area contributed by atoms with Gasteiger partial charge in [-0.1, -0.05) is 48.0 Å². The number of Topliss-reactive ketones (excluding diaryl/α,β-unsaturated/α-hetero) is 1. The van der Waals surface area contributed by atoms with E-state index in [1.165, 1.54) is 0 Å². The Morgan fingerprint density at radius 2 is 1.70 bits per heavy atom. The Bertz CT molecular complexity index is 831. The standard InChI is InChI=1S/C29H56O6Si2/c1-26(2,3)37(11,12)34-23-14-13-15-28(6)21(23)18-29(35-36(8,9)10)25(31)22(30)16-20(27(29,4)5)17-24(28)33-19-32-7/h20-21,23-25,31H,13-19H2,1-12H3/t20-,21-,23-,24+,25-,28-,29+/m1/s1. The van der Waals surface area contributed by atoms with E-state index in [0.29, 0.717) is 12.8 Å². The van der Waals surface area contributed by atoms with Crippen molar-refractivity contribution in [1.29, 1.82) is 0 Å². The van der Waals surface area contributed by atoms with E-state index in [0.717, 1.165) is 25.7 Å². The van der Waals surface area contributed by atoms with Crippen LogP contribution in [0.3, 0.4) is 0 Å². The molecule has 0 heterocycles. The summed E-state index contributed by atoms with van der Waals surface area (Å²) in [5, 5.41) is 11.8. The lowest BCUT2D eigenvalue weighted by molar-refractivity contribution is -0.239. The SMILES string of the molecule is COCO[C@H]1C[C@H]2CC(=O)[C@@H](O)[C@@](O[Si](C)(C)C)(C[C@@H]3[C@H](O[Si](C)(C)C(C)(C)C)CCC[C@@]13C)C2(C)C. The number of ketones is 1. The number of carbonyl (C=O) groups is 1. The van der Waals surface area contributed by atoms with Gasteiger partial charge in [0.2, 0.25) is 0 Å². The van der Waals surface area contributed by atoms with Crippen LogP contribution in [0.4, 0.5) is 0 Å². The minimum Gasteiger partial charge on any atom is -0.414 e. The van der Waals surface area contributed by atoms with Crippen molar-refractivity contribution in [3.05, 3.63) is 0 Å². The van der Waals surface area contributed by atoms with Gasteiger partial charge in [0.15, 0.2) is 22.4 Å². The molecule has 2 bridgehead atoms. The first-order valence-corrected chi connectivity index (χ1v) is 20.7. The molecule has 0 aromatic carbocycles. The van der Waals surface area contributed by atoms with Crippen LogP contribution in [-0.4, -0.2) is 65.3 Å². The first kappa shape index (κ1) is 31.4. The van der Waals surface area contributed by atoms with Gasteiger partial charge in [0, 0.05) is 19.6 Å². The van der Waals surface area contributed by atoms with Crippen molar-refractivity contribution >= 4 is 22.4 Å². The van der Waals surface area contributed by atoms with E-state index < -0.39 is 33.8 Å². The molecule has 0 radical (unpaired) electrons. The fourth-order valence-corrected chi connectivity index (χ4v) is 10.3. The van der Waals surface area contributed by atoms with E-state index in [-0.39, 0.29) is 47.1 Å². The number of hydrogen-bond donors (Lipinski definition) is 1. The number of rotatable bonds is 7. The second-order valence-corrected chi connectivity index (χ2v) is 24.7. The van der Waals surface area contributed by atoms with Crippen LogP contribution in [-0.2, 0) is 23.1 Å². The van der Waals surface area contributed by atoms with E-state index in [4.69, 9.17) is 18.3 Å². The first-order chi connectivity index (χ1) is 16.7. The summed E-state index contributed by atoms with van der Waals surface area (Å²) < 4.78 is 26.2. The van der Waals surface area contributed by atoms with Crippen molar-refractivity contribution in [3.8, 4) is 0 Å². The highest BCUT2D eigenvalue weighted by molar-refractivity contribution is 6.74. The molecule has 0 unspecified atom stereocenters. The Morgan fingerprint density at radius 1 is 1.08 bits per heavy atom. The van der Waals surface area contributed by atoms with Gasteiger partial charge < -0.3 is 23.4 Å². The van der Waals surface area contributed by atoms with E-state index in [2.05, 4.69) is 74.3 Å². The molecule has 0 aromatic rings. The molecule has 1 N–H and O–H groups in total. The Kier molecular flexibility index (Phi) is 8.82. The quantitative estimate of drug-likeness (QED) is 0.284. The third kappa shape index (κ3) is 5.73. The molecule has 3 saturated carbocycles. The second kappa shape index (κ2) is 10.4. The average molecular weight is 557 g/mol. The maximum absolute atomic E-state index is 13.4. The zero-order valence-electron chi connectivity index (χ0n) is 25.8. The largest absolute Gasteiger partial charge is 0.414 e. The van der Waals surface area contributed by atoms with E-state index in [9.17, 15) is 9.90 Å². The Balaban J connectivity index is 2.21. The molecule has 6 nitrogen and oxygen atoms in total. The lowest BCUT2D eigenvalue weighted by atomic mass is 9.47. The summed E-state index contributed by atoms with van der Waals surface area (Å²) >= 11 is 0. The van der Waals surface area contributed by atoms with Gasteiger partial charge in [0.25, 0.3) is 0 Å². The van der Waals surface area contributed by atoms with Crippen LogP contribution >= 0.6 is 0 Å². The minimum atomic E-state index is -2.15. The lowest BCUT2D eigenvalue weighted by Gasteiger charge is -2.64. The molecule has 37 heavy (non-hydrogen) atoms. The summed E-state index contributed by atoms with van der Waals surface area (Å²) in [6, 6.07) is 0. The molecule has 3 aliphatic rings. The van der Waals surface area contributed by atoms with Crippen LogP contribution in [0.1, 0.15) is 80.1 Å². The summed E-state index contributed by atoms with van der Waals surface area (Å²) in [7, 11) is -2.55. The molecule has 0 spiro atoms. The van der Waals surface area contributed by atoms with Crippen LogP contribution in [0.2, 0.25) is 37.8 Å². The zero-order valence-corrected chi connectivity index (χ0v) is 27.8. The molecule has 3 aliphatic carbocycles. The fraction of sp³-hybridized carbons (Fsp3) is 0.966. The highest BCUT2D eigenvalue weighted by Crippen LogP contribution is 2.62. The van der Waals surface area contributed by atoms with Crippen LogP contribution < -0.4 is 0 Å². The van der Waals surface area contributed by atoms with Gasteiger partial charge in [-0.3, -0.25) is 4.79 Å². The molecular weight excluding hydrogens is 500 g/mol. The highest BCUT2D eigenvalue weighted by atomic mass is 28.4. The predicted octanol–water partition coefficient (Wildman–Crippen LogP) is 6.53. The number of aliphatic hydroxyl groups is 1. The van der Waals surface area contributed by atoms with Crippen molar-refractivity contribution in [2.75, 3.05) is 13.9 Å². The molecule has 0 amide bonds. The molecule has 3 rings (SSSR count). The summed E-state index contributed by atoms with van der Waals surface area (Å²) in [6.45, 7) is 25.1. The molecule has 8 heteroatoms. The summed E-state index contributed by atoms with van der Waals surface area (Å²) in [5.41, 5.74) is -1.52. The van der Waals surface area contributed by atoms with Crippen molar-refractivity contribution in [1.82, 2.24) is 0 Å². The maximum Gasteiger partial charge on any atom is 0.192 e. The van der Waals surface area contributed by atoms with Crippen molar-refractivity contribution in [2.24, 2.45) is 22.7 Å². The minimum absolute atomic E-state index is 0.0342. The summed E-state index contributed by atoms with van der Waals surface area (Å²) in [6.07, 6.45) is 3.68. The summed E-state index contributed by atoms with van der Waals surface area (Å²) in [5.74, 6) is 0.0600. The van der Waals surface area contributed by atoms with Gasteiger partial charge in [-0.2, -0.15) is 0 Å². The topological polar surface area (TPSA) is 74.2 Å². The fourth-order valence-electron chi connectivity index (χ4n) is 7.31. The molecule has 0 aromatic heterocycles. The van der Waals surface area contributed by atoms with Crippen molar-refractivity contribution in [3.63, 3.8) is 0 Å². The third-order valence-corrected chi connectivity index (χ3v) is 16.2. The number of hydrogen-bond acceptors (Lipinski definition) is 6. The highest BCUT2D eigenvalue weighted by Gasteiger charge is 2.67. The average Bonchev–Trinajstić information content (AvgIpc) is 2.73. The number of methoxy groups -OCH3 is 1. The monoisotopic (exact) mass is 556 g/mol. The predicted molar refractivity (Wildman–Crippen MR) is 154 cm³/mol. The summed E-state index contributed by atoms with van der Waals surface area (Å²) in [4.78, 5) is 13.4. The number of carbonyl (C=O) groups excluding carboxylic acids is 1. The van der Waals surface area contributed by atoms with Gasteiger partial charge in [-0.05, 0) is 86.1 Å². The van der Waals surface area contributed by atoms with Crippen molar-refractivity contribution in [2.45, 2.75) is 142 Å². The first-order valence-electron chi connectivity index (χ1n) is 14.4. The number of aliphatic hydroxyl groups excluding tert-OH is 1. The van der Waals surface area contributed by atoms with Crippen LogP contribution in [0.5, 0.6) is 0 Å². The Hall–Kier alpha value is -0.0962. The van der Waals surface area contributed by atoms with Gasteiger partial charge >= 0.3 is 0 Å². The number of ether oxygens (including phenoxy) is 2. The van der Waals surface area contributed by atoms with Crippen LogP contribution in [0.15, 0.2) is 0 Å². The maximum atomic E-state index is 13.4. The normalized spacial score (nSPS) is 39.1. The van der Waals surface area contributed by atoms with E-state index in [1.54, 1.807) is 7.11 Å². The van der Waals surface area contributed by atoms with Gasteiger partial charge in [-0.25, -0.2) is 0 Å². The zero-order chi connectivity index (χ0) is 28.2. The molecule has 3 fully saturated rings. The van der Waals surface area contributed by atoms with Gasteiger partial charge in [0.1, 0.15) is 12.9 Å². The molecule has 216 valence electrons. The molecule has 0 aliphatic heterocycles. The van der Waals surface area contributed by atoms with Crippen LogP contribution in [0, 0.1) is 22.7 Å².